The van der Waals surface area contributed by atoms with Crippen LogP contribution in [-0.2, 0) is 7.05 Å². The third-order valence-corrected chi connectivity index (χ3v) is 4.02. The van der Waals surface area contributed by atoms with Crippen LogP contribution < -0.4 is 11.1 Å². The number of anilines is 1. The van der Waals surface area contributed by atoms with Gasteiger partial charge < -0.3 is 11.1 Å². The lowest BCUT2D eigenvalue weighted by Crippen LogP contribution is -2.31. The predicted molar refractivity (Wildman–Crippen MR) is 81.7 cm³/mol. The zero-order valence-electron chi connectivity index (χ0n) is 12.3. The Morgan fingerprint density at radius 1 is 1.38 bits per heavy atom. The van der Waals surface area contributed by atoms with Gasteiger partial charge in [0.2, 0.25) is 0 Å². The summed E-state index contributed by atoms with van der Waals surface area (Å²) in [6.07, 6.45) is 2.31. The molecule has 1 unspecified atom stereocenters. The molecule has 5 heteroatoms. The van der Waals surface area contributed by atoms with Crippen LogP contribution in [0, 0.1) is 12.8 Å². The summed E-state index contributed by atoms with van der Waals surface area (Å²) in [6, 6.07) is 10.1. The van der Waals surface area contributed by atoms with E-state index in [4.69, 9.17) is 5.73 Å². The maximum atomic E-state index is 12.6. The number of nitrogens with one attached hydrogen (secondary N) is 1. The van der Waals surface area contributed by atoms with E-state index in [1.807, 2.05) is 25.1 Å². The van der Waals surface area contributed by atoms with E-state index in [2.05, 4.69) is 22.5 Å². The molecule has 1 saturated carbocycles. The van der Waals surface area contributed by atoms with Crippen molar-refractivity contribution in [3.8, 4) is 0 Å². The van der Waals surface area contributed by atoms with Crippen molar-refractivity contribution >= 4 is 11.6 Å². The topological polar surface area (TPSA) is 72.9 Å². The molecule has 0 bridgehead atoms. The quantitative estimate of drug-likeness (QED) is 0.904. The van der Waals surface area contributed by atoms with E-state index in [9.17, 15) is 4.79 Å². The van der Waals surface area contributed by atoms with Gasteiger partial charge in [0.15, 0.2) is 0 Å². The van der Waals surface area contributed by atoms with E-state index in [0.717, 1.165) is 18.4 Å². The van der Waals surface area contributed by atoms with Crippen molar-refractivity contribution in [2.75, 3.05) is 5.73 Å². The van der Waals surface area contributed by atoms with Crippen molar-refractivity contribution in [3.63, 3.8) is 0 Å². The molecule has 0 aliphatic heterocycles. The van der Waals surface area contributed by atoms with E-state index < -0.39 is 0 Å². The zero-order valence-corrected chi connectivity index (χ0v) is 12.3. The van der Waals surface area contributed by atoms with Crippen LogP contribution in [0.2, 0.25) is 0 Å². The lowest BCUT2D eigenvalue weighted by atomic mass is 10.0. The van der Waals surface area contributed by atoms with Crippen LogP contribution in [0.4, 0.5) is 5.69 Å². The minimum Gasteiger partial charge on any atom is -0.395 e. The summed E-state index contributed by atoms with van der Waals surface area (Å²) in [5.41, 5.74) is 8.69. The number of nitrogen functional groups attached to an aromatic ring is 1. The number of aromatic nitrogens is 2. The van der Waals surface area contributed by atoms with Crippen molar-refractivity contribution in [1.29, 1.82) is 0 Å². The first-order valence-electron chi connectivity index (χ1n) is 7.23. The summed E-state index contributed by atoms with van der Waals surface area (Å²) in [6.45, 7) is 1.81. The van der Waals surface area contributed by atoms with Gasteiger partial charge in [0.25, 0.3) is 5.91 Å². The Labute approximate surface area is 124 Å². The summed E-state index contributed by atoms with van der Waals surface area (Å²) in [5, 5.41) is 7.33. The zero-order chi connectivity index (χ0) is 15.0. The number of carbonyl (C=O) groups is 1. The van der Waals surface area contributed by atoms with Crippen LogP contribution in [0.15, 0.2) is 30.3 Å². The van der Waals surface area contributed by atoms with Crippen molar-refractivity contribution in [2.24, 2.45) is 13.0 Å². The van der Waals surface area contributed by atoms with Crippen LogP contribution in [0.5, 0.6) is 0 Å². The molecule has 1 aromatic carbocycles. The Morgan fingerprint density at radius 3 is 2.57 bits per heavy atom. The van der Waals surface area contributed by atoms with Gasteiger partial charge in [-0.15, -0.1) is 0 Å². The number of hydrogen-bond acceptors (Lipinski definition) is 3. The molecule has 1 aliphatic carbocycles. The van der Waals surface area contributed by atoms with E-state index in [0.29, 0.717) is 23.0 Å². The summed E-state index contributed by atoms with van der Waals surface area (Å²) < 4.78 is 1.55. The molecule has 2 aromatic rings. The van der Waals surface area contributed by atoms with Crippen LogP contribution in [0.25, 0.3) is 0 Å². The molecule has 0 spiro atoms. The maximum absolute atomic E-state index is 12.6. The maximum Gasteiger partial charge on any atom is 0.272 e. The third kappa shape index (κ3) is 2.63. The highest BCUT2D eigenvalue weighted by Gasteiger charge is 2.34. The standard InChI is InChI=1S/C16H20N4O/c1-10-13(17)15(20(2)19-10)16(21)18-14(12-8-9-12)11-6-4-3-5-7-11/h3-7,12,14H,8-9,17H2,1-2H3,(H,18,21). The SMILES string of the molecule is Cc1nn(C)c(C(=O)NC(c2ccccc2)C2CC2)c1N. The average Bonchev–Trinajstić information content (AvgIpc) is 3.26. The molecule has 5 nitrogen and oxygen atoms in total. The lowest BCUT2D eigenvalue weighted by molar-refractivity contribution is 0.0923. The normalized spacial score (nSPS) is 15.7. The van der Waals surface area contributed by atoms with E-state index in [1.54, 1.807) is 11.7 Å². The Morgan fingerprint density at radius 2 is 2.05 bits per heavy atom. The second-order valence-electron chi connectivity index (χ2n) is 5.67. The van der Waals surface area contributed by atoms with Crippen LogP contribution in [0.1, 0.15) is 40.6 Å². The molecule has 110 valence electrons. The number of aryl methyl sites for hydroxylation is 2. The molecule has 1 aliphatic rings. The van der Waals surface area contributed by atoms with Gasteiger partial charge in [0, 0.05) is 7.05 Å². The highest BCUT2D eigenvalue weighted by molar-refractivity contribution is 5.98. The van der Waals surface area contributed by atoms with Crippen LogP contribution >= 0.6 is 0 Å². The largest absolute Gasteiger partial charge is 0.395 e. The van der Waals surface area contributed by atoms with Gasteiger partial charge >= 0.3 is 0 Å². The van der Waals surface area contributed by atoms with Crippen molar-refractivity contribution in [2.45, 2.75) is 25.8 Å². The predicted octanol–water partition coefficient (Wildman–Crippen LogP) is 2.19. The van der Waals surface area contributed by atoms with Gasteiger partial charge in [-0.2, -0.15) is 5.10 Å². The van der Waals surface area contributed by atoms with Crippen molar-refractivity contribution in [3.05, 3.63) is 47.3 Å². The molecule has 1 amide bonds. The molecule has 3 rings (SSSR count). The number of rotatable bonds is 4. The Hall–Kier alpha value is -2.30. The van der Waals surface area contributed by atoms with Gasteiger partial charge in [-0.25, -0.2) is 0 Å². The van der Waals surface area contributed by atoms with Crippen LogP contribution in [-0.4, -0.2) is 15.7 Å². The van der Waals surface area contributed by atoms with Gasteiger partial charge in [-0.3, -0.25) is 9.48 Å². The molecule has 1 fully saturated rings. The Kier molecular flexibility index (Phi) is 3.41. The summed E-state index contributed by atoms with van der Waals surface area (Å²) in [7, 11) is 1.74. The third-order valence-electron chi connectivity index (χ3n) is 4.02. The molecular weight excluding hydrogens is 264 g/mol. The average molecular weight is 284 g/mol. The number of carbonyl (C=O) groups excluding carboxylic acids is 1. The summed E-state index contributed by atoms with van der Waals surface area (Å²) in [5.74, 6) is 0.364. The first-order valence-corrected chi connectivity index (χ1v) is 7.23. The molecular formula is C16H20N4O. The monoisotopic (exact) mass is 284 g/mol. The number of benzene rings is 1. The number of nitrogens with zero attached hydrogens (tertiary/aromatic N) is 2. The fraction of sp³-hybridized carbons (Fsp3) is 0.375. The first kappa shape index (κ1) is 13.7. The second-order valence-corrected chi connectivity index (χ2v) is 5.67. The Bertz CT molecular complexity index is 658. The fourth-order valence-corrected chi connectivity index (χ4v) is 2.72. The number of amides is 1. The highest BCUT2D eigenvalue weighted by atomic mass is 16.2. The van der Waals surface area contributed by atoms with Gasteiger partial charge in [0.05, 0.1) is 17.4 Å². The van der Waals surface area contributed by atoms with Crippen molar-refractivity contribution in [1.82, 2.24) is 15.1 Å². The second kappa shape index (κ2) is 5.24. The molecule has 0 saturated heterocycles. The summed E-state index contributed by atoms with van der Waals surface area (Å²) >= 11 is 0. The lowest BCUT2D eigenvalue weighted by Gasteiger charge is -2.19. The minimum atomic E-state index is -0.156. The van der Waals surface area contributed by atoms with E-state index in [1.165, 1.54) is 0 Å². The molecule has 0 radical (unpaired) electrons. The number of nitrogens with two attached hydrogens (primary N) is 1. The van der Waals surface area contributed by atoms with Crippen LogP contribution in [0.3, 0.4) is 0 Å². The smallest absolute Gasteiger partial charge is 0.272 e. The molecule has 1 atom stereocenters. The summed E-state index contributed by atoms with van der Waals surface area (Å²) in [4.78, 5) is 12.6. The minimum absolute atomic E-state index is 0.0494. The Balaban J connectivity index is 1.85. The van der Waals surface area contributed by atoms with Crippen molar-refractivity contribution < 1.29 is 4.79 Å². The highest BCUT2D eigenvalue weighted by Crippen LogP contribution is 2.41. The van der Waals surface area contributed by atoms with E-state index >= 15 is 0 Å². The molecule has 21 heavy (non-hydrogen) atoms. The fourth-order valence-electron chi connectivity index (χ4n) is 2.72. The first-order chi connectivity index (χ1) is 10.1. The van der Waals surface area contributed by atoms with Gasteiger partial charge in [-0.1, -0.05) is 30.3 Å². The van der Waals surface area contributed by atoms with E-state index in [-0.39, 0.29) is 11.9 Å². The molecule has 1 aromatic heterocycles. The molecule has 3 N–H and O–H groups in total. The number of hydrogen-bond donors (Lipinski definition) is 2. The van der Waals surface area contributed by atoms with Gasteiger partial charge in [0.1, 0.15) is 5.69 Å². The van der Waals surface area contributed by atoms with Gasteiger partial charge in [-0.05, 0) is 31.2 Å². The molecule has 1 heterocycles.